The van der Waals surface area contributed by atoms with E-state index >= 15 is 0 Å². The van der Waals surface area contributed by atoms with Crippen molar-refractivity contribution in [3.05, 3.63) is 0 Å². The predicted molar refractivity (Wildman–Crippen MR) is 215 cm³/mol. The summed E-state index contributed by atoms with van der Waals surface area (Å²) in [6.07, 6.45) is 41.2. The highest BCUT2D eigenvalue weighted by Gasteiger charge is 2.19. The number of esters is 3. The molecule has 0 bridgehead atoms. The zero-order chi connectivity index (χ0) is 37.3. The van der Waals surface area contributed by atoms with E-state index in [1.54, 1.807) is 0 Å². The predicted octanol–water partition coefficient (Wildman–Crippen LogP) is 14.1. The summed E-state index contributed by atoms with van der Waals surface area (Å²) < 4.78 is 16.6. The van der Waals surface area contributed by atoms with Crippen LogP contribution in [0.2, 0.25) is 0 Å². The van der Waals surface area contributed by atoms with Gasteiger partial charge in [0.05, 0.1) is 0 Å². The lowest BCUT2D eigenvalue weighted by Gasteiger charge is -2.18. The normalized spacial score (nSPS) is 11.8. The van der Waals surface area contributed by atoms with Crippen LogP contribution in [0.1, 0.15) is 252 Å². The van der Waals surface area contributed by atoms with Crippen LogP contribution in [0.3, 0.4) is 0 Å². The van der Waals surface area contributed by atoms with Crippen molar-refractivity contribution in [2.24, 2.45) is 0 Å². The summed E-state index contributed by atoms with van der Waals surface area (Å²) in [5.74, 6) is -0.869. The second-order valence-electron chi connectivity index (χ2n) is 15.3. The van der Waals surface area contributed by atoms with Crippen LogP contribution in [0.25, 0.3) is 0 Å². The Hall–Kier alpha value is -1.59. The van der Waals surface area contributed by atoms with Crippen molar-refractivity contribution in [2.45, 2.75) is 258 Å². The molecule has 6 nitrogen and oxygen atoms in total. The first kappa shape index (κ1) is 49.4. The van der Waals surface area contributed by atoms with E-state index < -0.39 is 6.10 Å². The van der Waals surface area contributed by atoms with Crippen LogP contribution in [-0.4, -0.2) is 37.2 Å². The summed E-state index contributed by atoms with van der Waals surface area (Å²) in [6.45, 7) is 6.56. The Labute approximate surface area is 317 Å². The van der Waals surface area contributed by atoms with Gasteiger partial charge in [-0.2, -0.15) is 0 Å². The number of ether oxygens (including phenoxy) is 3. The second kappa shape index (κ2) is 41.2. The third kappa shape index (κ3) is 39.5. The average Bonchev–Trinajstić information content (AvgIpc) is 3.12. The van der Waals surface area contributed by atoms with Crippen LogP contribution in [-0.2, 0) is 28.6 Å². The smallest absolute Gasteiger partial charge is 0.306 e. The van der Waals surface area contributed by atoms with E-state index in [1.807, 2.05) is 0 Å². The molecule has 0 aliphatic carbocycles. The van der Waals surface area contributed by atoms with Crippen molar-refractivity contribution < 1.29 is 28.6 Å². The largest absolute Gasteiger partial charge is 0.462 e. The lowest BCUT2D eigenvalue weighted by Crippen LogP contribution is -2.30. The zero-order valence-electron chi connectivity index (χ0n) is 34.4. The molecule has 0 saturated carbocycles. The van der Waals surface area contributed by atoms with E-state index in [1.165, 1.54) is 148 Å². The number of hydrogen-bond donors (Lipinski definition) is 0. The maximum atomic E-state index is 12.7. The molecule has 0 aliphatic heterocycles. The minimum absolute atomic E-state index is 0.0642. The van der Waals surface area contributed by atoms with Crippen LogP contribution in [0.5, 0.6) is 0 Å². The molecule has 1 atom stereocenters. The monoisotopic (exact) mass is 723 g/mol. The molecule has 51 heavy (non-hydrogen) atoms. The zero-order valence-corrected chi connectivity index (χ0v) is 34.4. The quantitative estimate of drug-likeness (QED) is 0.0355. The molecule has 0 N–H and O–H groups in total. The van der Waals surface area contributed by atoms with Crippen LogP contribution in [0.4, 0.5) is 0 Å². The van der Waals surface area contributed by atoms with Gasteiger partial charge in [-0.15, -0.1) is 0 Å². The van der Waals surface area contributed by atoms with E-state index in [0.29, 0.717) is 19.3 Å². The fourth-order valence-corrected chi connectivity index (χ4v) is 6.68. The Morgan fingerprint density at radius 2 is 0.529 bits per heavy atom. The fraction of sp³-hybridized carbons (Fsp3) is 0.933. The number of carbonyl (C=O) groups excluding carboxylic acids is 3. The fourth-order valence-electron chi connectivity index (χ4n) is 6.68. The minimum atomic E-state index is -0.756. The first-order chi connectivity index (χ1) is 25.0. The molecule has 0 rings (SSSR count). The molecule has 0 saturated heterocycles. The van der Waals surface area contributed by atoms with Crippen molar-refractivity contribution in [1.82, 2.24) is 0 Å². The molecule has 0 radical (unpaired) electrons. The molecule has 6 heteroatoms. The van der Waals surface area contributed by atoms with Gasteiger partial charge in [-0.05, 0) is 19.3 Å². The minimum Gasteiger partial charge on any atom is -0.462 e. The standard InChI is InChI=1S/C45H86O6/c1-4-7-10-13-15-17-19-20-21-22-23-24-25-26-28-30-33-36-39-45(48)51-42(40-49-43(46)37-34-31-12-9-6-3)41-50-44(47)38-35-32-29-27-18-16-14-11-8-5-2/h42H,4-41H2,1-3H3/t42-/m0/s1. The van der Waals surface area contributed by atoms with Crippen molar-refractivity contribution >= 4 is 17.9 Å². The van der Waals surface area contributed by atoms with Gasteiger partial charge in [0.15, 0.2) is 6.10 Å². The van der Waals surface area contributed by atoms with E-state index in [2.05, 4.69) is 20.8 Å². The highest BCUT2D eigenvalue weighted by molar-refractivity contribution is 5.71. The molecular weight excluding hydrogens is 636 g/mol. The van der Waals surface area contributed by atoms with Crippen LogP contribution in [0.15, 0.2) is 0 Å². The topological polar surface area (TPSA) is 78.9 Å². The van der Waals surface area contributed by atoms with Gasteiger partial charge in [-0.1, -0.05) is 213 Å². The van der Waals surface area contributed by atoms with E-state index in [4.69, 9.17) is 14.2 Å². The van der Waals surface area contributed by atoms with Crippen LogP contribution < -0.4 is 0 Å². The maximum absolute atomic E-state index is 12.7. The summed E-state index contributed by atoms with van der Waals surface area (Å²) >= 11 is 0. The number of rotatable bonds is 41. The summed E-state index contributed by atoms with van der Waals surface area (Å²) in [7, 11) is 0. The second-order valence-corrected chi connectivity index (χ2v) is 15.3. The van der Waals surface area contributed by atoms with Crippen LogP contribution >= 0.6 is 0 Å². The number of carbonyl (C=O) groups is 3. The van der Waals surface area contributed by atoms with E-state index in [-0.39, 0.29) is 31.1 Å². The molecule has 0 amide bonds. The van der Waals surface area contributed by atoms with Gasteiger partial charge in [-0.3, -0.25) is 14.4 Å². The average molecular weight is 723 g/mol. The summed E-state index contributed by atoms with van der Waals surface area (Å²) in [5.41, 5.74) is 0. The van der Waals surface area contributed by atoms with Gasteiger partial charge < -0.3 is 14.2 Å². The lowest BCUT2D eigenvalue weighted by molar-refractivity contribution is -0.167. The number of hydrogen-bond acceptors (Lipinski definition) is 6. The van der Waals surface area contributed by atoms with Crippen molar-refractivity contribution in [3.8, 4) is 0 Å². The third-order valence-corrected chi connectivity index (χ3v) is 10.1. The summed E-state index contributed by atoms with van der Waals surface area (Å²) in [5, 5.41) is 0. The lowest BCUT2D eigenvalue weighted by atomic mass is 10.0. The first-order valence-corrected chi connectivity index (χ1v) is 22.5. The Morgan fingerprint density at radius 3 is 0.784 bits per heavy atom. The highest BCUT2D eigenvalue weighted by atomic mass is 16.6. The van der Waals surface area contributed by atoms with Gasteiger partial charge in [0.2, 0.25) is 0 Å². The Balaban J connectivity index is 4.13. The molecule has 0 aliphatic rings. The van der Waals surface area contributed by atoms with Crippen molar-refractivity contribution in [2.75, 3.05) is 13.2 Å². The Morgan fingerprint density at radius 1 is 0.314 bits per heavy atom. The van der Waals surface area contributed by atoms with Gasteiger partial charge >= 0.3 is 17.9 Å². The molecular formula is C45H86O6. The molecule has 0 fully saturated rings. The molecule has 0 aromatic rings. The summed E-state index contributed by atoms with van der Waals surface area (Å²) in [6, 6.07) is 0. The molecule has 0 heterocycles. The Kier molecular flexibility index (Phi) is 39.9. The first-order valence-electron chi connectivity index (χ1n) is 22.5. The summed E-state index contributed by atoms with van der Waals surface area (Å²) in [4.78, 5) is 37.4. The van der Waals surface area contributed by atoms with Gasteiger partial charge in [0.25, 0.3) is 0 Å². The van der Waals surface area contributed by atoms with Gasteiger partial charge in [0.1, 0.15) is 13.2 Å². The van der Waals surface area contributed by atoms with E-state index in [9.17, 15) is 14.4 Å². The van der Waals surface area contributed by atoms with Crippen LogP contribution in [0, 0.1) is 0 Å². The molecule has 0 aromatic heterocycles. The van der Waals surface area contributed by atoms with Gasteiger partial charge in [0, 0.05) is 19.3 Å². The highest BCUT2D eigenvalue weighted by Crippen LogP contribution is 2.16. The third-order valence-electron chi connectivity index (χ3n) is 10.1. The van der Waals surface area contributed by atoms with E-state index in [0.717, 1.165) is 64.2 Å². The molecule has 0 unspecified atom stereocenters. The van der Waals surface area contributed by atoms with Crippen molar-refractivity contribution in [3.63, 3.8) is 0 Å². The molecule has 302 valence electrons. The SMILES string of the molecule is CCCCCCCCCCCCCCCCCCCCC(=O)O[C@@H](COC(=O)CCCCCCC)COC(=O)CCCCCCCCCCCC. The maximum Gasteiger partial charge on any atom is 0.306 e. The van der Waals surface area contributed by atoms with Crippen molar-refractivity contribution in [1.29, 1.82) is 0 Å². The molecule has 0 aromatic carbocycles. The van der Waals surface area contributed by atoms with Gasteiger partial charge in [-0.25, -0.2) is 0 Å². The molecule has 0 spiro atoms. The number of unbranched alkanes of at least 4 members (excludes halogenated alkanes) is 30. The Bertz CT molecular complexity index is 753.